The summed E-state index contributed by atoms with van der Waals surface area (Å²) >= 11 is 6.37. The number of nitrogens with one attached hydrogen (secondary N) is 2. The number of nitrogens with zero attached hydrogens (tertiary/aromatic N) is 1. The number of carbonyl (C=O) groups excluding carboxylic acids is 3. The minimum absolute atomic E-state index is 0.195. The van der Waals surface area contributed by atoms with Crippen LogP contribution >= 0.6 is 11.6 Å². The lowest BCUT2D eigenvalue weighted by Gasteiger charge is -2.33. The fourth-order valence-corrected chi connectivity index (χ4v) is 4.20. The standard InChI is InChI=1S/C29H40ClN3O4/c1-9-18(3)24(32-28(36)37-29(5,6)7)27(35)33(8)25(21-16-14-20(10-2)15-17-21)26(34)31-23-19(4)12-11-13-22(23)30/h11-18,24-25H,9-10H2,1-8H3,(H,31,34)(H,32,36). The van der Waals surface area contributed by atoms with Crippen LogP contribution in [-0.4, -0.2) is 41.5 Å². The predicted molar refractivity (Wildman–Crippen MR) is 149 cm³/mol. The third kappa shape index (κ3) is 8.22. The summed E-state index contributed by atoms with van der Waals surface area (Å²) in [7, 11) is 1.58. The number of amides is 3. The zero-order chi connectivity index (χ0) is 27.9. The van der Waals surface area contributed by atoms with E-state index in [0.717, 1.165) is 17.5 Å². The molecule has 3 unspecified atom stereocenters. The van der Waals surface area contributed by atoms with Crippen molar-refractivity contribution in [3.63, 3.8) is 0 Å². The fourth-order valence-electron chi connectivity index (χ4n) is 3.93. The first-order valence-corrected chi connectivity index (χ1v) is 13.1. The molecule has 0 aromatic heterocycles. The third-order valence-electron chi connectivity index (χ3n) is 6.31. The second-order valence-electron chi connectivity index (χ2n) is 10.4. The highest BCUT2D eigenvalue weighted by molar-refractivity contribution is 6.34. The van der Waals surface area contributed by atoms with Gasteiger partial charge in [0, 0.05) is 7.05 Å². The van der Waals surface area contributed by atoms with Crippen LogP contribution < -0.4 is 10.6 Å². The van der Waals surface area contributed by atoms with Gasteiger partial charge in [-0.15, -0.1) is 0 Å². The molecule has 0 fully saturated rings. The van der Waals surface area contributed by atoms with Crippen molar-refractivity contribution < 1.29 is 19.1 Å². The number of halogens is 1. The Morgan fingerprint density at radius 2 is 1.68 bits per heavy atom. The molecule has 0 bridgehead atoms. The van der Waals surface area contributed by atoms with E-state index in [1.165, 1.54) is 4.90 Å². The Bertz CT molecular complexity index is 1080. The number of rotatable bonds is 9. The van der Waals surface area contributed by atoms with Gasteiger partial charge in [-0.3, -0.25) is 9.59 Å². The van der Waals surface area contributed by atoms with Gasteiger partial charge >= 0.3 is 6.09 Å². The van der Waals surface area contributed by atoms with E-state index in [1.807, 2.05) is 64.1 Å². The Balaban J connectivity index is 2.45. The number of aryl methyl sites for hydroxylation is 2. The lowest BCUT2D eigenvalue weighted by Crippen LogP contribution is -2.53. The van der Waals surface area contributed by atoms with Crippen molar-refractivity contribution in [2.45, 2.75) is 79.0 Å². The highest BCUT2D eigenvalue weighted by Crippen LogP contribution is 2.29. The molecule has 202 valence electrons. The maximum absolute atomic E-state index is 13.8. The number of alkyl carbamates (subject to hydrolysis) is 1. The number of ether oxygens (including phenoxy) is 1. The van der Waals surface area contributed by atoms with Gasteiger partial charge in [-0.1, -0.05) is 75.2 Å². The van der Waals surface area contributed by atoms with Gasteiger partial charge in [0.15, 0.2) is 0 Å². The molecule has 0 radical (unpaired) electrons. The van der Waals surface area contributed by atoms with Gasteiger partial charge < -0.3 is 20.3 Å². The summed E-state index contributed by atoms with van der Waals surface area (Å²) in [6.07, 6.45) is 0.807. The van der Waals surface area contributed by atoms with Crippen LogP contribution in [0.4, 0.5) is 10.5 Å². The molecule has 0 aliphatic carbocycles. The van der Waals surface area contributed by atoms with E-state index in [1.54, 1.807) is 33.9 Å². The molecule has 8 heteroatoms. The monoisotopic (exact) mass is 529 g/mol. The maximum atomic E-state index is 13.8. The normalized spacial score (nSPS) is 13.8. The maximum Gasteiger partial charge on any atom is 0.408 e. The molecule has 2 aromatic carbocycles. The van der Waals surface area contributed by atoms with Crippen LogP contribution in [-0.2, 0) is 20.7 Å². The average Bonchev–Trinajstić information content (AvgIpc) is 2.83. The minimum Gasteiger partial charge on any atom is -0.444 e. The van der Waals surface area contributed by atoms with Crippen LogP contribution in [0, 0.1) is 12.8 Å². The van der Waals surface area contributed by atoms with Gasteiger partial charge in [-0.2, -0.15) is 0 Å². The molecule has 3 atom stereocenters. The van der Waals surface area contributed by atoms with E-state index in [0.29, 0.717) is 22.7 Å². The number of hydrogen-bond acceptors (Lipinski definition) is 4. The molecule has 2 N–H and O–H groups in total. The second-order valence-corrected chi connectivity index (χ2v) is 10.8. The van der Waals surface area contributed by atoms with Crippen molar-refractivity contribution in [3.8, 4) is 0 Å². The van der Waals surface area contributed by atoms with Gasteiger partial charge in [0.1, 0.15) is 17.7 Å². The summed E-state index contributed by atoms with van der Waals surface area (Å²) in [5, 5.41) is 6.06. The summed E-state index contributed by atoms with van der Waals surface area (Å²) in [5.41, 5.74) is 2.35. The number of carbonyl (C=O) groups is 3. The molecule has 0 aliphatic rings. The predicted octanol–water partition coefficient (Wildman–Crippen LogP) is 6.29. The number of anilines is 1. The summed E-state index contributed by atoms with van der Waals surface area (Å²) < 4.78 is 5.40. The molecule has 0 saturated heterocycles. The summed E-state index contributed by atoms with van der Waals surface area (Å²) in [6, 6.07) is 11.1. The summed E-state index contributed by atoms with van der Waals surface area (Å²) in [5.74, 6) is -0.994. The van der Waals surface area contributed by atoms with Crippen molar-refractivity contribution in [2.75, 3.05) is 12.4 Å². The molecule has 0 saturated carbocycles. The van der Waals surface area contributed by atoms with Crippen molar-refractivity contribution in [1.29, 1.82) is 0 Å². The average molecular weight is 530 g/mol. The SMILES string of the molecule is CCc1ccc(C(C(=O)Nc2c(C)cccc2Cl)N(C)C(=O)C(NC(=O)OC(C)(C)C)C(C)CC)cc1. The van der Waals surface area contributed by atoms with E-state index in [2.05, 4.69) is 10.6 Å². The molecule has 0 spiro atoms. The number of para-hydroxylation sites is 1. The van der Waals surface area contributed by atoms with E-state index < -0.39 is 35.6 Å². The summed E-state index contributed by atoms with van der Waals surface area (Å²) in [6.45, 7) is 13.0. The minimum atomic E-state index is -0.957. The van der Waals surface area contributed by atoms with Crippen LogP contribution in [0.1, 0.15) is 70.7 Å². The summed E-state index contributed by atoms with van der Waals surface area (Å²) in [4.78, 5) is 41.5. The molecular formula is C29H40ClN3O4. The van der Waals surface area contributed by atoms with Gasteiger partial charge in [0.25, 0.3) is 5.91 Å². The van der Waals surface area contributed by atoms with Crippen LogP contribution in [0.3, 0.4) is 0 Å². The Hall–Kier alpha value is -3.06. The van der Waals surface area contributed by atoms with Gasteiger partial charge in [-0.05, 0) is 62.8 Å². The van der Waals surface area contributed by atoms with Gasteiger partial charge in [0.2, 0.25) is 5.91 Å². The fraction of sp³-hybridized carbons (Fsp3) is 0.483. The first-order chi connectivity index (χ1) is 17.3. The van der Waals surface area contributed by atoms with Crippen molar-refractivity contribution in [2.24, 2.45) is 5.92 Å². The van der Waals surface area contributed by atoms with Crippen molar-refractivity contribution in [1.82, 2.24) is 10.2 Å². The number of likely N-dealkylation sites (N-methyl/N-ethyl adjacent to an activating group) is 1. The zero-order valence-corrected chi connectivity index (χ0v) is 23.9. The van der Waals surface area contributed by atoms with E-state index >= 15 is 0 Å². The lowest BCUT2D eigenvalue weighted by molar-refractivity contribution is -0.140. The quantitative estimate of drug-likeness (QED) is 0.399. The number of benzene rings is 2. The third-order valence-corrected chi connectivity index (χ3v) is 6.62. The Morgan fingerprint density at radius 3 is 2.19 bits per heavy atom. The molecular weight excluding hydrogens is 490 g/mol. The number of hydrogen-bond donors (Lipinski definition) is 2. The molecule has 0 aliphatic heterocycles. The zero-order valence-electron chi connectivity index (χ0n) is 23.1. The lowest BCUT2D eigenvalue weighted by atomic mass is 9.96. The highest BCUT2D eigenvalue weighted by Gasteiger charge is 2.36. The molecule has 2 aromatic rings. The molecule has 7 nitrogen and oxygen atoms in total. The molecule has 0 heterocycles. The topological polar surface area (TPSA) is 87.7 Å². The Kier molecular flexibility index (Phi) is 10.6. The van der Waals surface area contributed by atoms with Crippen molar-refractivity contribution in [3.05, 3.63) is 64.2 Å². The Morgan fingerprint density at radius 1 is 1.05 bits per heavy atom. The van der Waals surface area contributed by atoms with Gasteiger partial charge in [0.05, 0.1) is 10.7 Å². The molecule has 37 heavy (non-hydrogen) atoms. The van der Waals surface area contributed by atoms with Gasteiger partial charge in [-0.25, -0.2) is 4.79 Å². The van der Waals surface area contributed by atoms with Crippen LogP contribution in [0.15, 0.2) is 42.5 Å². The Labute approximate surface area is 225 Å². The highest BCUT2D eigenvalue weighted by atomic mass is 35.5. The first-order valence-electron chi connectivity index (χ1n) is 12.7. The smallest absolute Gasteiger partial charge is 0.408 e. The van der Waals surface area contributed by atoms with E-state index in [-0.39, 0.29) is 5.92 Å². The van der Waals surface area contributed by atoms with Crippen LogP contribution in [0.5, 0.6) is 0 Å². The second kappa shape index (κ2) is 13.0. The first kappa shape index (κ1) is 30.2. The van der Waals surface area contributed by atoms with Crippen molar-refractivity contribution >= 4 is 35.2 Å². The van der Waals surface area contributed by atoms with E-state index in [4.69, 9.17) is 16.3 Å². The molecule has 3 amide bonds. The van der Waals surface area contributed by atoms with E-state index in [9.17, 15) is 14.4 Å². The van der Waals surface area contributed by atoms with Crippen LogP contribution in [0.25, 0.3) is 0 Å². The molecule has 2 rings (SSSR count). The van der Waals surface area contributed by atoms with Crippen LogP contribution in [0.2, 0.25) is 5.02 Å². The largest absolute Gasteiger partial charge is 0.444 e.